The van der Waals surface area contributed by atoms with Crippen LogP contribution in [-0.2, 0) is 4.79 Å². The first kappa shape index (κ1) is 16.8. The number of nitrogens with zero attached hydrogens (tertiary/aromatic N) is 1. The third kappa shape index (κ3) is 5.00. The lowest BCUT2D eigenvalue weighted by atomic mass is 10.2. The van der Waals surface area contributed by atoms with Crippen molar-refractivity contribution in [2.45, 2.75) is 6.92 Å². The molecule has 0 heterocycles. The summed E-state index contributed by atoms with van der Waals surface area (Å²) in [7, 11) is 1.60. The number of benzene rings is 2. The summed E-state index contributed by atoms with van der Waals surface area (Å²) in [5.74, 6) is 0.488. The van der Waals surface area contributed by atoms with Crippen LogP contribution in [0, 0.1) is 6.92 Å². The second-order valence-corrected chi connectivity index (χ2v) is 5.24. The van der Waals surface area contributed by atoms with E-state index in [9.17, 15) is 4.79 Å². The van der Waals surface area contributed by atoms with Crippen molar-refractivity contribution in [2.75, 3.05) is 19.0 Å². The van der Waals surface area contributed by atoms with Gasteiger partial charge in [-0.3, -0.25) is 4.79 Å². The van der Waals surface area contributed by atoms with E-state index in [2.05, 4.69) is 15.8 Å². The summed E-state index contributed by atoms with van der Waals surface area (Å²) in [6.07, 6.45) is 1.56. The van der Waals surface area contributed by atoms with E-state index in [1.165, 1.54) is 0 Å². The highest BCUT2D eigenvalue weighted by molar-refractivity contribution is 6.31. The molecule has 0 aliphatic heterocycles. The Kier molecular flexibility index (Phi) is 6.00. The number of carbonyl (C=O) groups excluding carboxylic acids is 1. The van der Waals surface area contributed by atoms with Gasteiger partial charge in [0.1, 0.15) is 5.75 Å². The molecule has 2 aromatic carbocycles. The SMILES string of the molecule is COc1cccc(/C=N\NC(=O)CNc2cccc(Cl)c2C)c1. The number of ether oxygens (including phenoxy) is 1. The quantitative estimate of drug-likeness (QED) is 0.631. The molecule has 0 atom stereocenters. The van der Waals surface area contributed by atoms with E-state index in [-0.39, 0.29) is 12.5 Å². The molecular weight excluding hydrogens is 314 g/mol. The normalized spacial score (nSPS) is 10.6. The maximum Gasteiger partial charge on any atom is 0.259 e. The summed E-state index contributed by atoms with van der Waals surface area (Å²) in [6.45, 7) is 2.00. The van der Waals surface area contributed by atoms with E-state index >= 15 is 0 Å². The van der Waals surface area contributed by atoms with E-state index < -0.39 is 0 Å². The second kappa shape index (κ2) is 8.19. The minimum atomic E-state index is -0.247. The summed E-state index contributed by atoms with van der Waals surface area (Å²) in [5.41, 5.74) is 5.03. The lowest BCUT2D eigenvalue weighted by molar-refractivity contribution is -0.119. The average Bonchev–Trinajstić information content (AvgIpc) is 2.56. The Morgan fingerprint density at radius 3 is 2.87 bits per heavy atom. The highest BCUT2D eigenvalue weighted by atomic mass is 35.5. The number of amides is 1. The Morgan fingerprint density at radius 2 is 2.09 bits per heavy atom. The first-order chi connectivity index (χ1) is 11.1. The van der Waals surface area contributed by atoms with Crippen LogP contribution < -0.4 is 15.5 Å². The maximum absolute atomic E-state index is 11.8. The number of anilines is 1. The zero-order chi connectivity index (χ0) is 16.7. The van der Waals surface area contributed by atoms with Gasteiger partial charge < -0.3 is 10.1 Å². The van der Waals surface area contributed by atoms with Gasteiger partial charge in [-0.1, -0.05) is 29.8 Å². The van der Waals surface area contributed by atoms with Gasteiger partial charge in [-0.05, 0) is 42.3 Å². The molecule has 0 saturated carbocycles. The van der Waals surface area contributed by atoms with Crippen LogP contribution in [0.15, 0.2) is 47.6 Å². The van der Waals surface area contributed by atoms with Crippen molar-refractivity contribution in [1.29, 1.82) is 0 Å². The maximum atomic E-state index is 11.8. The molecule has 0 saturated heterocycles. The molecule has 120 valence electrons. The predicted octanol–water partition coefficient (Wildman–Crippen LogP) is 3.22. The molecule has 0 radical (unpaired) electrons. The lowest BCUT2D eigenvalue weighted by Gasteiger charge is -2.09. The zero-order valence-corrected chi connectivity index (χ0v) is 13.7. The molecule has 2 N–H and O–H groups in total. The summed E-state index contributed by atoms with van der Waals surface area (Å²) in [4.78, 5) is 11.8. The predicted molar refractivity (Wildman–Crippen MR) is 93.4 cm³/mol. The van der Waals surface area contributed by atoms with Crippen molar-refractivity contribution in [1.82, 2.24) is 5.43 Å². The Hall–Kier alpha value is -2.53. The van der Waals surface area contributed by atoms with Crippen LogP contribution in [0.3, 0.4) is 0 Å². The van der Waals surface area contributed by atoms with Crippen LogP contribution in [0.4, 0.5) is 5.69 Å². The summed E-state index contributed by atoms with van der Waals surface area (Å²) < 4.78 is 5.12. The van der Waals surface area contributed by atoms with Crippen molar-refractivity contribution in [3.63, 3.8) is 0 Å². The molecule has 0 fully saturated rings. The van der Waals surface area contributed by atoms with Gasteiger partial charge in [0.2, 0.25) is 0 Å². The van der Waals surface area contributed by atoms with Gasteiger partial charge in [0, 0.05) is 10.7 Å². The molecule has 0 spiro atoms. The van der Waals surface area contributed by atoms with Gasteiger partial charge in [-0.15, -0.1) is 0 Å². The van der Waals surface area contributed by atoms with Crippen LogP contribution in [0.2, 0.25) is 5.02 Å². The van der Waals surface area contributed by atoms with Crippen LogP contribution in [0.1, 0.15) is 11.1 Å². The van der Waals surface area contributed by atoms with E-state index in [1.807, 2.05) is 43.3 Å². The Morgan fingerprint density at radius 1 is 1.30 bits per heavy atom. The third-order valence-corrected chi connectivity index (χ3v) is 3.61. The van der Waals surface area contributed by atoms with Gasteiger partial charge in [-0.25, -0.2) is 5.43 Å². The molecule has 23 heavy (non-hydrogen) atoms. The summed E-state index contributed by atoms with van der Waals surface area (Å²) >= 11 is 6.03. The number of rotatable bonds is 6. The van der Waals surface area contributed by atoms with E-state index in [4.69, 9.17) is 16.3 Å². The molecule has 0 bridgehead atoms. The highest BCUT2D eigenvalue weighted by Gasteiger charge is 2.04. The summed E-state index contributed by atoms with van der Waals surface area (Å²) in [5, 5.41) is 7.61. The van der Waals surface area contributed by atoms with Crippen LogP contribution in [-0.4, -0.2) is 25.8 Å². The van der Waals surface area contributed by atoms with Gasteiger partial charge in [0.05, 0.1) is 19.9 Å². The van der Waals surface area contributed by atoms with Gasteiger partial charge >= 0.3 is 0 Å². The Balaban J connectivity index is 1.85. The minimum Gasteiger partial charge on any atom is -0.497 e. The van der Waals surface area contributed by atoms with Crippen LogP contribution in [0.25, 0.3) is 0 Å². The van der Waals surface area contributed by atoms with Crippen molar-refractivity contribution >= 4 is 29.4 Å². The number of hydrogen-bond acceptors (Lipinski definition) is 4. The van der Waals surface area contributed by atoms with Gasteiger partial charge in [0.15, 0.2) is 0 Å². The number of nitrogens with one attached hydrogen (secondary N) is 2. The number of carbonyl (C=O) groups is 1. The first-order valence-corrected chi connectivity index (χ1v) is 7.43. The van der Waals surface area contributed by atoms with Crippen molar-refractivity contribution in [3.05, 3.63) is 58.6 Å². The molecular formula is C17H18ClN3O2. The van der Waals surface area contributed by atoms with Crippen molar-refractivity contribution in [2.24, 2.45) is 5.10 Å². The topological polar surface area (TPSA) is 62.7 Å². The summed E-state index contributed by atoms with van der Waals surface area (Å²) in [6, 6.07) is 12.9. The monoisotopic (exact) mass is 331 g/mol. The standard InChI is InChI=1S/C17H18ClN3O2/c1-12-15(18)7-4-8-16(12)19-11-17(22)21-20-10-13-5-3-6-14(9-13)23-2/h3-10,19H,11H2,1-2H3,(H,21,22)/b20-10-. The molecule has 0 aliphatic rings. The number of hydrazone groups is 1. The largest absolute Gasteiger partial charge is 0.497 e. The Labute approximate surface area is 140 Å². The van der Waals surface area contributed by atoms with Gasteiger partial charge in [-0.2, -0.15) is 5.10 Å². The molecule has 0 aromatic heterocycles. The average molecular weight is 332 g/mol. The van der Waals surface area contributed by atoms with Crippen LogP contribution >= 0.6 is 11.6 Å². The fourth-order valence-electron chi connectivity index (χ4n) is 1.91. The fourth-order valence-corrected chi connectivity index (χ4v) is 2.09. The molecule has 1 amide bonds. The third-order valence-electron chi connectivity index (χ3n) is 3.20. The molecule has 2 rings (SSSR count). The zero-order valence-electron chi connectivity index (χ0n) is 13.0. The molecule has 0 unspecified atom stereocenters. The van der Waals surface area contributed by atoms with E-state index in [0.29, 0.717) is 5.02 Å². The number of methoxy groups -OCH3 is 1. The molecule has 2 aromatic rings. The lowest BCUT2D eigenvalue weighted by Crippen LogP contribution is -2.26. The molecule has 5 nitrogen and oxygen atoms in total. The van der Waals surface area contributed by atoms with Gasteiger partial charge in [0.25, 0.3) is 5.91 Å². The van der Waals surface area contributed by atoms with Crippen molar-refractivity contribution in [3.8, 4) is 5.75 Å². The van der Waals surface area contributed by atoms with Crippen molar-refractivity contribution < 1.29 is 9.53 Å². The second-order valence-electron chi connectivity index (χ2n) is 4.84. The number of halogens is 1. The molecule has 0 aliphatic carbocycles. The smallest absolute Gasteiger partial charge is 0.259 e. The van der Waals surface area contributed by atoms with E-state index in [0.717, 1.165) is 22.6 Å². The minimum absolute atomic E-state index is 0.108. The van der Waals surface area contributed by atoms with Crippen LogP contribution in [0.5, 0.6) is 5.75 Å². The highest BCUT2D eigenvalue weighted by Crippen LogP contribution is 2.22. The fraction of sp³-hybridized carbons (Fsp3) is 0.176. The number of hydrogen-bond donors (Lipinski definition) is 2. The molecule has 6 heteroatoms. The Bertz CT molecular complexity index is 717. The van der Waals surface area contributed by atoms with E-state index in [1.54, 1.807) is 19.4 Å². The first-order valence-electron chi connectivity index (χ1n) is 7.05.